The fourth-order valence-corrected chi connectivity index (χ4v) is 1.43. The second-order valence-electron chi connectivity index (χ2n) is 3.67. The molecule has 1 rings (SSSR count). The first kappa shape index (κ1) is 16.7. The van der Waals surface area contributed by atoms with Crippen molar-refractivity contribution in [2.24, 2.45) is 0 Å². The summed E-state index contributed by atoms with van der Waals surface area (Å²) in [6, 6.07) is 3.91. The first-order chi connectivity index (χ1) is 8.10. The summed E-state index contributed by atoms with van der Waals surface area (Å²) in [6.07, 6.45) is 0. The van der Waals surface area contributed by atoms with Gasteiger partial charge in [0.25, 0.3) is 5.91 Å². The van der Waals surface area contributed by atoms with E-state index in [0.717, 1.165) is 0 Å². The van der Waals surface area contributed by atoms with Gasteiger partial charge in [-0.15, -0.1) is 12.4 Å². The Morgan fingerprint density at radius 1 is 1.50 bits per heavy atom. The summed E-state index contributed by atoms with van der Waals surface area (Å²) in [7, 11) is 4.93. The molecule has 0 saturated heterocycles. The molecule has 0 saturated carbocycles. The van der Waals surface area contributed by atoms with Crippen LogP contribution in [0.1, 0.15) is 10.4 Å². The molecule has 0 fully saturated rings. The molecule has 1 aromatic carbocycles. The van der Waals surface area contributed by atoms with Crippen molar-refractivity contribution in [3.63, 3.8) is 0 Å². The van der Waals surface area contributed by atoms with Crippen molar-refractivity contribution in [2.75, 3.05) is 34.3 Å². The maximum absolute atomic E-state index is 13.1. The molecule has 102 valence electrons. The minimum atomic E-state index is -0.448. The normalized spacial score (nSPS) is 9.56. The number of halogens is 2. The number of carbonyl (C=O) groups is 1. The Bertz CT molecular complexity index is 402. The highest BCUT2D eigenvalue weighted by atomic mass is 35.5. The van der Waals surface area contributed by atoms with Gasteiger partial charge in [-0.3, -0.25) is 4.79 Å². The van der Waals surface area contributed by atoms with Crippen LogP contribution in [0, 0.1) is 5.82 Å². The highest BCUT2D eigenvalue weighted by Gasteiger charge is 2.16. The summed E-state index contributed by atoms with van der Waals surface area (Å²) >= 11 is 0. The fraction of sp³-hybridized carbons (Fsp3) is 0.417. The van der Waals surface area contributed by atoms with Crippen LogP contribution < -0.4 is 10.1 Å². The number of rotatable bonds is 5. The molecule has 0 unspecified atom stereocenters. The molecule has 1 aromatic rings. The van der Waals surface area contributed by atoms with Crippen molar-refractivity contribution in [3.8, 4) is 5.75 Å². The van der Waals surface area contributed by atoms with Crippen LogP contribution in [-0.4, -0.2) is 45.1 Å². The van der Waals surface area contributed by atoms with E-state index in [9.17, 15) is 9.18 Å². The van der Waals surface area contributed by atoms with Crippen molar-refractivity contribution < 1.29 is 13.9 Å². The Balaban J connectivity index is 0.00000289. The van der Waals surface area contributed by atoms with Gasteiger partial charge in [0.15, 0.2) is 0 Å². The zero-order valence-corrected chi connectivity index (χ0v) is 11.5. The number of amides is 1. The van der Waals surface area contributed by atoms with E-state index in [-0.39, 0.29) is 23.9 Å². The lowest BCUT2D eigenvalue weighted by atomic mass is 10.1. The third-order valence-electron chi connectivity index (χ3n) is 2.44. The van der Waals surface area contributed by atoms with Crippen molar-refractivity contribution in [1.82, 2.24) is 10.2 Å². The van der Waals surface area contributed by atoms with Crippen LogP contribution in [0.3, 0.4) is 0 Å². The summed E-state index contributed by atoms with van der Waals surface area (Å²) in [5.41, 5.74) is 0.242. The van der Waals surface area contributed by atoms with Gasteiger partial charge in [-0.2, -0.15) is 0 Å². The SMILES string of the molecule is CNCCN(C)C(=O)c1cc(F)ccc1OC.Cl. The monoisotopic (exact) mass is 276 g/mol. The Kier molecular flexibility index (Phi) is 7.31. The average molecular weight is 277 g/mol. The lowest BCUT2D eigenvalue weighted by Gasteiger charge is -2.18. The number of hydrogen-bond donors (Lipinski definition) is 1. The summed E-state index contributed by atoms with van der Waals surface area (Å²) in [5, 5.41) is 2.95. The molecule has 0 spiro atoms. The number of benzene rings is 1. The highest BCUT2D eigenvalue weighted by Crippen LogP contribution is 2.20. The van der Waals surface area contributed by atoms with Crippen LogP contribution in [0.4, 0.5) is 4.39 Å². The van der Waals surface area contributed by atoms with Crippen molar-refractivity contribution in [2.45, 2.75) is 0 Å². The summed E-state index contributed by atoms with van der Waals surface area (Å²) in [6.45, 7) is 1.23. The molecule has 0 aliphatic rings. The summed E-state index contributed by atoms with van der Waals surface area (Å²) in [4.78, 5) is 13.6. The number of nitrogens with zero attached hydrogens (tertiary/aromatic N) is 1. The van der Waals surface area contributed by atoms with Gasteiger partial charge < -0.3 is 15.0 Å². The zero-order valence-electron chi connectivity index (χ0n) is 10.7. The van der Waals surface area contributed by atoms with Crippen molar-refractivity contribution in [1.29, 1.82) is 0 Å². The summed E-state index contributed by atoms with van der Waals surface area (Å²) in [5.74, 6) is -0.319. The Hall–Kier alpha value is -1.33. The van der Waals surface area contributed by atoms with Gasteiger partial charge >= 0.3 is 0 Å². The van der Waals surface area contributed by atoms with E-state index in [0.29, 0.717) is 18.8 Å². The van der Waals surface area contributed by atoms with Gasteiger partial charge in [-0.1, -0.05) is 0 Å². The van der Waals surface area contributed by atoms with E-state index in [1.807, 2.05) is 0 Å². The smallest absolute Gasteiger partial charge is 0.257 e. The number of hydrogen-bond acceptors (Lipinski definition) is 3. The van der Waals surface area contributed by atoms with Gasteiger partial charge in [-0.25, -0.2) is 4.39 Å². The van der Waals surface area contributed by atoms with E-state index in [4.69, 9.17) is 4.74 Å². The van der Waals surface area contributed by atoms with E-state index < -0.39 is 5.82 Å². The Morgan fingerprint density at radius 2 is 2.17 bits per heavy atom. The van der Waals surface area contributed by atoms with E-state index in [1.54, 1.807) is 14.1 Å². The van der Waals surface area contributed by atoms with Crippen LogP contribution in [0.15, 0.2) is 18.2 Å². The van der Waals surface area contributed by atoms with E-state index >= 15 is 0 Å². The number of methoxy groups -OCH3 is 1. The van der Waals surface area contributed by atoms with Crippen molar-refractivity contribution >= 4 is 18.3 Å². The molecule has 0 atom stereocenters. The standard InChI is InChI=1S/C12H17FN2O2.ClH/c1-14-6-7-15(2)12(16)10-8-9(13)4-5-11(10)17-3;/h4-5,8,14H,6-7H2,1-3H3;1H. The Labute approximate surface area is 113 Å². The van der Waals surface area contributed by atoms with Crippen LogP contribution in [0.25, 0.3) is 0 Å². The van der Waals surface area contributed by atoms with Gasteiger partial charge in [0.1, 0.15) is 11.6 Å². The highest BCUT2D eigenvalue weighted by molar-refractivity contribution is 5.96. The first-order valence-electron chi connectivity index (χ1n) is 5.33. The van der Waals surface area contributed by atoms with Crippen molar-refractivity contribution in [3.05, 3.63) is 29.6 Å². The minimum Gasteiger partial charge on any atom is -0.496 e. The lowest BCUT2D eigenvalue weighted by molar-refractivity contribution is 0.0793. The third kappa shape index (κ3) is 4.16. The quantitative estimate of drug-likeness (QED) is 0.887. The molecule has 18 heavy (non-hydrogen) atoms. The van der Waals surface area contributed by atoms with Gasteiger partial charge in [-0.05, 0) is 25.2 Å². The summed E-state index contributed by atoms with van der Waals surface area (Å²) < 4.78 is 18.2. The Morgan fingerprint density at radius 3 is 2.72 bits per heavy atom. The predicted octanol–water partition coefficient (Wildman–Crippen LogP) is 1.55. The van der Waals surface area contributed by atoms with E-state index in [1.165, 1.54) is 30.2 Å². The van der Waals surface area contributed by atoms with Gasteiger partial charge in [0, 0.05) is 20.1 Å². The molecule has 1 N–H and O–H groups in total. The molecule has 0 bridgehead atoms. The minimum absolute atomic E-state index is 0. The molecule has 0 radical (unpaired) electrons. The van der Waals surface area contributed by atoms with Gasteiger partial charge in [0.05, 0.1) is 12.7 Å². The third-order valence-corrected chi connectivity index (χ3v) is 2.44. The number of ether oxygens (including phenoxy) is 1. The van der Waals surface area contributed by atoms with E-state index in [2.05, 4.69) is 5.32 Å². The largest absolute Gasteiger partial charge is 0.496 e. The average Bonchev–Trinajstić information content (AvgIpc) is 2.34. The molecule has 0 heterocycles. The first-order valence-corrected chi connectivity index (χ1v) is 5.33. The molecule has 0 aromatic heterocycles. The fourth-order valence-electron chi connectivity index (χ4n) is 1.43. The van der Waals surface area contributed by atoms with Crippen LogP contribution in [-0.2, 0) is 0 Å². The number of carbonyl (C=O) groups excluding carboxylic acids is 1. The molecular formula is C12H18ClFN2O2. The molecular weight excluding hydrogens is 259 g/mol. The van der Waals surface area contributed by atoms with Gasteiger partial charge in [0.2, 0.25) is 0 Å². The van der Waals surface area contributed by atoms with Crippen LogP contribution in [0.5, 0.6) is 5.75 Å². The molecule has 6 heteroatoms. The second-order valence-corrected chi connectivity index (χ2v) is 3.67. The zero-order chi connectivity index (χ0) is 12.8. The second kappa shape index (κ2) is 7.89. The molecule has 4 nitrogen and oxygen atoms in total. The number of nitrogens with one attached hydrogen (secondary N) is 1. The number of likely N-dealkylation sites (N-methyl/N-ethyl adjacent to an activating group) is 2. The lowest BCUT2D eigenvalue weighted by Crippen LogP contribution is -2.33. The van der Waals surface area contributed by atoms with Crippen LogP contribution >= 0.6 is 12.4 Å². The maximum atomic E-state index is 13.1. The predicted molar refractivity (Wildman–Crippen MR) is 71.1 cm³/mol. The molecule has 0 aliphatic carbocycles. The maximum Gasteiger partial charge on any atom is 0.257 e. The molecule has 0 aliphatic heterocycles. The topological polar surface area (TPSA) is 41.6 Å². The molecule has 1 amide bonds. The van der Waals surface area contributed by atoms with Crippen LogP contribution in [0.2, 0.25) is 0 Å².